The third-order valence-electron chi connectivity index (χ3n) is 3.21. The zero-order valence-electron chi connectivity index (χ0n) is 11.8. The topological polar surface area (TPSA) is 34.4 Å². The molecular formula is C18H14N2OS. The fraction of sp³-hybridized carbons (Fsp3) is 0. The molecule has 0 aliphatic heterocycles. The van der Waals surface area contributed by atoms with Crippen LogP contribution in [0.3, 0.4) is 0 Å². The predicted molar refractivity (Wildman–Crippen MR) is 90.5 cm³/mol. The molecule has 2 aromatic carbocycles. The van der Waals surface area contributed by atoms with E-state index < -0.39 is 0 Å². The molecule has 0 saturated carbocycles. The summed E-state index contributed by atoms with van der Waals surface area (Å²) in [6.07, 6.45) is 1.68. The molecule has 0 aliphatic rings. The molecule has 0 N–H and O–H groups in total. The van der Waals surface area contributed by atoms with Gasteiger partial charge in [0.05, 0.1) is 5.69 Å². The first-order valence-electron chi connectivity index (χ1n) is 6.81. The van der Waals surface area contributed by atoms with Crippen LogP contribution in [0.15, 0.2) is 77.6 Å². The minimum atomic E-state index is -0.252. The second-order valence-corrected chi connectivity index (χ2v) is 5.44. The summed E-state index contributed by atoms with van der Waals surface area (Å²) in [5, 5.41) is 1.98. The van der Waals surface area contributed by atoms with Gasteiger partial charge in [0, 0.05) is 17.1 Å². The SMILES string of the molecule is C=Cn1c(-c2ccccc2)csc1=NC(=O)c1ccccc1. The van der Waals surface area contributed by atoms with Gasteiger partial charge in [0.2, 0.25) is 0 Å². The zero-order valence-corrected chi connectivity index (χ0v) is 12.7. The van der Waals surface area contributed by atoms with Crippen LogP contribution in [0.1, 0.15) is 10.4 Å². The first-order chi connectivity index (χ1) is 10.8. The van der Waals surface area contributed by atoms with Crippen molar-refractivity contribution >= 4 is 23.4 Å². The lowest BCUT2D eigenvalue weighted by molar-refractivity contribution is 0.0998. The van der Waals surface area contributed by atoms with Crippen LogP contribution in [0.4, 0.5) is 0 Å². The van der Waals surface area contributed by atoms with E-state index in [4.69, 9.17) is 0 Å². The van der Waals surface area contributed by atoms with Gasteiger partial charge < -0.3 is 0 Å². The number of carbonyl (C=O) groups excluding carboxylic acids is 1. The molecule has 0 fully saturated rings. The van der Waals surface area contributed by atoms with E-state index in [1.54, 1.807) is 18.3 Å². The van der Waals surface area contributed by atoms with Gasteiger partial charge in [-0.2, -0.15) is 4.99 Å². The number of hydrogen-bond acceptors (Lipinski definition) is 2. The van der Waals surface area contributed by atoms with E-state index in [1.165, 1.54) is 11.3 Å². The summed E-state index contributed by atoms with van der Waals surface area (Å²) in [5.41, 5.74) is 2.61. The van der Waals surface area contributed by atoms with Crippen LogP contribution in [0.5, 0.6) is 0 Å². The Morgan fingerprint density at radius 3 is 2.32 bits per heavy atom. The van der Waals surface area contributed by atoms with E-state index in [0.717, 1.165) is 11.3 Å². The van der Waals surface area contributed by atoms with Crippen LogP contribution in [0.2, 0.25) is 0 Å². The Bertz CT molecular complexity index is 861. The molecule has 1 aromatic heterocycles. The van der Waals surface area contributed by atoms with Gasteiger partial charge in [-0.1, -0.05) is 55.1 Å². The highest BCUT2D eigenvalue weighted by molar-refractivity contribution is 7.07. The molecule has 3 aromatic rings. The Hall–Kier alpha value is -2.72. The summed E-state index contributed by atoms with van der Waals surface area (Å²) < 4.78 is 1.83. The van der Waals surface area contributed by atoms with Crippen molar-refractivity contribution in [1.29, 1.82) is 0 Å². The van der Waals surface area contributed by atoms with Gasteiger partial charge in [-0.05, 0) is 17.7 Å². The number of rotatable bonds is 3. The molecule has 0 unspecified atom stereocenters. The van der Waals surface area contributed by atoms with Gasteiger partial charge >= 0.3 is 0 Å². The summed E-state index contributed by atoms with van der Waals surface area (Å²) in [7, 11) is 0. The highest BCUT2D eigenvalue weighted by Gasteiger charge is 2.08. The van der Waals surface area contributed by atoms with Gasteiger partial charge in [0.1, 0.15) is 0 Å². The molecule has 108 valence electrons. The van der Waals surface area contributed by atoms with Crippen LogP contribution >= 0.6 is 11.3 Å². The standard InChI is InChI=1S/C18H14N2OS/c1-2-20-16(14-9-5-3-6-10-14)13-22-18(20)19-17(21)15-11-7-4-8-12-15/h2-13H,1H2. The van der Waals surface area contributed by atoms with Crippen molar-refractivity contribution in [3.8, 4) is 11.3 Å². The maximum Gasteiger partial charge on any atom is 0.279 e. The Morgan fingerprint density at radius 2 is 1.68 bits per heavy atom. The van der Waals surface area contributed by atoms with Crippen LogP contribution in [-0.2, 0) is 0 Å². The molecule has 4 heteroatoms. The van der Waals surface area contributed by atoms with Crippen molar-refractivity contribution in [1.82, 2.24) is 4.57 Å². The number of amides is 1. The third-order valence-corrected chi connectivity index (χ3v) is 4.05. The van der Waals surface area contributed by atoms with E-state index in [2.05, 4.69) is 11.6 Å². The van der Waals surface area contributed by atoms with Gasteiger partial charge in [-0.15, -0.1) is 11.3 Å². The van der Waals surface area contributed by atoms with Crippen molar-refractivity contribution < 1.29 is 4.79 Å². The lowest BCUT2D eigenvalue weighted by Gasteiger charge is -2.02. The van der Waals surface area contributed by atoms with E-state index in [1.807, 2.05) is 58.5 Å². The van der Waals surface area contributed by atoms with E-state index in [9.17, 15) is 4.79 Å². The molecule has 0 aliphatic carbocycles. The molecule has 0 saturated heterocycles. The van der Waals surface area contributed by atoms with Crippen molar-refractivity contribution in [3.63, 3.8) is 0 Å². The van der Waals surface area contributed by atoms with Crippen molar-refractivity contribution in [2.75, 3.05) is 0 Å². The Kier molecular flexibility index (Phi) is 4.12. The average molecular weight is 306 g/mol. The van der Waals surface area contributed by atoms with Crippen LogP contribution in [0.25, 0.3) is 17.5 Å². The van der Waals surface area contributed by atoms with Crippen LogP contribution in [-0.4, -0.2) is 10.5 Å². The second-order valence-electron chi connectivity index (χ2n) is 4.61. The van der Waals surface area contributed by atoms with E-state index in [-0.39, 0.29) is 5.91 Å². The lowest BCUT2D eigenvalue weighted by Crippen LogP contribution is -2.13. The molecule has 1 heterocycles. The summed E-state index contributed by atoms with van der Waals surface area (Å²) in [6, 6.07) is 19.0. The number of carbonyl (C=O) groups is 1. The molecule has 3 nitrogen and oxygen atoms in total. The molecule has 3 rings (SSSR count). The first-order valence-corrected chi connectivity index (χ1v) is 7.69. The number of aromatic nitrogens is 1. The summed E-state index contributed by atoms with van der Waals surface area (Å²) >= 11 is 1.42. The Balaban J connectivity index is 2.06. The average Bonchev–Trinajstić information content (AvgIpc) is 2.99. The van der Waals surface area contributed by atoms with Gasteiger partial charge in [-0.3, -0.25) is 9.36 Å². The molecule has 22 heavy (non-hydrogen) atoms. The van der Waals surface area contributed by atoms with Gasteiger partial charge in [-0.25, -0.2) is 0 Å². The predicted octanol–water partition coefficient (Wildman–Crippen LogP) is 4.06. The Morgan fingerprint density at radius 1 is 1.05 bits per heavy atom. The molecule has 0 radical (unpaired) electrons. The largest absolute Gasteiger partial charge is 0.292 e. The number of thiazole rings is 1. The van der Waals surface area contributed by atoms with Gasteiger partial charge in [0.25, 0.3) is 5.91 Å². The fourth-order valence-electron chi connectivity index (χ4n) is 2.13. The third kappa shape index (κ3) is 2.82. The monoisotopic (exact) mass is 306 g/mol. The fourth-order valence-corrected chi connectivity index (χ4v) is 3.02. The van der Waals surface area contributed by atoms with Gasteiger partial charge in [0.15, 0.2) is 4.80 Å². The summed E-state index contributed by atoms with van der Waals surface area (Å²) in [6.45, 7) is 3.83. The van der Waals surface area contributed by atoms with E-state index in [0.29, 0.717) is 10.4 Å². The highest BCUT2D eigenvalue weighted by Crippen LogP contribution is 2.19. The van der Waals surface area contributed by atoms with Crippen molar-refractivity contribution in [3.05, 3.63) is 83.0 Å². The Labute approximate surface area is 132 Å². The molecule has 1 amide bonds. The zero-order chi connectivity index (χ0) is 15.4. The molecule has 0 atom stereocenters. The minimum absolute atomic E-state index is 0.252. The summed E-state index contributed by atoms with van der Waals surface area (Å²) in [4.78, 5) is 17.1. The quantitative estimate of drug-likeness (QED) is 0.718. The maximum absolute atomic E-state index is 12.2. The number of benzene rings is 2. The minimum Gasteiger partial charge on any atom is -0.292 e. The van der Waals surface area contributed by atoms with Crippen LogP contribution < -0.4 is 4.80 Å². The second kappa shape index (κ2) is 6.37. The molecule has 0 bridgehead atoms. The highest BCUT2D eigenvalue weighted by atomic mass is 32.1. The maximum atomic E-state index is 12.2. The van der Waals surface area contributed by atoms with Crippen LogP contribution in [0, 0.1) is 0 Å². The smallest absolute Gasteiger partial charge is 0.279 e. The van der Waals surface area contributed by atoms with Crippen molar-refractivity contribution in [2.24, 2.45) is 4.99 Å². The number of hydrogen-bond donors (Lipinski definition) is 0. The molecule has 0 spiro atoms. The summed E-state index contributed by atoms with van der Waals surface area (Å²) in [5.74, 6) is -0.252. The molecular weight excluding hydrogens is 292 g/mol. The number of nitrogens with zero attached hydrogens (tertiary/aromatic N) is 2. The lowest BCUT2D eigenvalue weighted by atomic mass is 10.2. The van der Waals surface area contributed by atoms with Crippen molar-refractivity contribution in [2.45, 2.75) is 0 Å². The normalized spacial score (nSPS) is 11.4. The van der Waals surface area contributed by atoms with E-state index >= 15 is 0 Å². The first kappa shape index (κ1) is 14.2.